The standard InChI is InChI=1S/C59H102NO11P/c1-10-12-14-16-18-20-22-24-26-28-50(63)68-42-44(71-51(64)29-27-25-23-21-19-17-15-13-11-2)43-70-72(66,67)69-39-38-60-53(65)56(6)35-34-55(5)36-37-58(8)45(46(55)41-56)40-47(61)52-57(7)32-31-49(62)54(3,4)48(57)30-33-59(52,58)9/h40,44,46,48-49,52,62H,10-39,41-43H2,1-9H3,(H,60,65)(H,66,67)/t44?,46-,48-,49-,52+,55+,56-,57-,58+,59+/m0/s1. The maximum absolute atomic E-state index is 14.8. The Morgan fingerprint density at radius 2 is 1.26 bits per heavy atom. The highest BCUT2D eigenvalue weighted by Gasteiger charge is 2.70. The minimum absolute atomic E-state index is 0.0265. The molecule has 0 aromatic carbocycles. The van der Waals surface area contributed by atoms with E-state index in [0.29, 0.717) is 32.1 Å². The average Bonchev–Trinajstić information content (AvgIpc) is 3.32. The van der Waals surface area contributed by atoms with Crippen LogP contribution >= 0.6 is 7.82 Å². The number of nitrogens with one attached hydrogen (secondary N) is 1. The van der Waals surface area contributed by atoms with E-state index in [2.05, 4.69) is 60.7 Å². The molecule has 72 heavy (non-hydrogen) atoms. The first kappa shape index (κ1) is 60.8. The third-order valence-electron chi connectivity index (χ3n) is 19.9. The summed E-state index contributed by atoms with van der Waals surface area (Å²) in [5.41, 5.74) is -0.448. The zero-order chi connectivity index (χ0) is 52.9. The van der Waals surface area contributed by atoms with Gasteiger partial charge in [0.25, 0.3) is 0 Å². The third-order valence-corrected chi connectivity index (χ3v) is 20.8. The molecule has 0 spiro atoms. The Balaban J connectivity index is 1.12. The fourth-order valence-electron chi connectivity index (χ4n) is 14.9. The number of rotatable bonds is 31. The zero-order valence-corrected chi connectivity index (χ0v) is 47.7. The first-order valence-electron chi connectivity index (χ1n) is 29.2. The Morgan fingerprint density at radius 1 is 0.708 bits per heavy atom. The van der Waals surface area contributed by atoms with Gasteiger partial charge in [0, 0.05) is 30.7 Å². The van der Waals surface area contributed by atoms with Crippen LogP contribution in [0.25, 0.3) is 0 Å². The van der Waals surface area contributed by atoms with Crippen LogP contribution in [0.15, 0.2) is 11.6 Å². The molecule has 12 nitrogen and oxygen atoms in total. The van der Waals surface area contributed by atoms with Gasteiger partial charge < -0.3 is 24.8 Å². The van der Waals surface area contributed by atoms with Gasteiger partial charge in [-0.2, -0.15) is 0 Å². The van der Waals surface area contributed by atoms with Crippen molar-refractivity contribution in [3.63, 3.8) is 0 Å². The summed E-state index contributed by atoms with van der Waals surface area (Å²) in [5, 5.41) is 14.1. The van der Waals surface area contributed by atoms with Gasteiger partial charge >= 0.3 is 19.8 Å². The van der Waals surface area contributed by atoms with Crippen molar-refractivity contribution in [2.24, 2.45) is 50.2 Å². The van der Waals surface area contributed by atoms with E-state index in [1.54, 1.807) is 0 Å². The molecule has 0 aliphatic heterocycles. The number of carbonyl (C=O) groups excluding carboxylic acids is 4. The average molecular weight is 1030 g/mol. The molecule has 4 saturated carbocycles. The van der Waals surface area contributed by atoms with E-state index in [9.17, 15) is 33.7 Å². The van der Waals surface area contributed by atoms with Crippen molar-refractivity contribution >= 4 is 31.5 Å². The van der Waals surface area contributed by atoms with Crippen LogP contribution in [-0.4, -0.2) is 72.2 Å². The van der Waals surface area contributed by atoms with Gasteiger partial charge in [0.1, 0.15) is 6.61 Å². The van der Waals surface area contributed by atoms with Gasteiger partial charge in [-0.25, -0.2) is 4.57 Å². The van der Waals surface area contributed by atoms with E-state index >= 15 is 0 Å². The van der Waals surface area contributed by atoms with E-state index in [0.717, 1.165) is 77.0 Å². The largest absolute Gasteiger partial charge is 0.472 e. The minimum atomic E-state index is -4.66. The number of aliphatic hydroxyl groups excluding tert-OH is 1. The van der Waals surface area contributed by atoms with Crippen molar-refractivity contribution < 1.29 is 52.3 Å². The normalized spacial score (nSPS) is 33.0. The van der Waals surface area contributed by atoms with Gasteiger partial charge in [-0.1, -0.05) is 171 Å². The third kappa shape index (κ3) is 14.9. The molecule has 5 rings (SSSR count). The second-order valence-corrected chi connectivity index (χ2v) is 26.9. The maximum atomic E-state index is 14.8. The van der Waals surface area contributed by atoms with Gasteiger partial charge in [-0.05, 0) is 116 Å². The summed E-state index contributed by atoms with van der Waals surface area (Å²) in [6.45, 7) is 19.1. The number of hydrogen-bond donors (Lipinski definition) is 3. The molecule has 0 aromatic heterocycles. The van der Waals surface area contributed by atoms with E-state index in [1.165, 1.54) is 69.8 Å². The molecular weight excluding hydrogens is 930 g/mol. The number of phosphoric acid groups is 1. The molecule has 4 fully saturated rings. The van der Waals surface area contributed by atoms with Crippen LogP contribution in [0.1, 0.15) is 249 Å². The molecule has 0 radical (unpaired) electrons. The zero-order valence-electron chi connectivity index (χ0n) is 46.8. The Hall–Kier alpha value is -2.11. The van der Waals surface area contributed by atoms with Crippen LogP contribution in [0.5, 0.6) is 0 Å². The number of carbonyl (C=O) groups is 4. The molecule has 11 atom stereocenters. The monoisotopic (exact) mass is 1030 g/mol. The predicted octanol–water partition coefficient (Wildman–Crippen LogP) is 13.9. The number of ether oxygens (including phenoxy) is 2. The molecule has 0 heterocycles. The van der Waals surface area contributed by atoms with Crippen LogP contribution in [0.2, 0.25) is 0 Å². The van der Waals surface area contributed by atoms with Crippen molar-refractivity contribution in [3.05, 3.63) is 11.6 Å². The van der Waals surface area contributed by atoms with E-state index in [-0.39, 0.29) is 95.2 Å². The minimum Gasteiger partial charge on any atom is -0.462 e. The molecule has 414 valence electrons. The summed E-state index contributed by atoms with van der Waals surface area (Å²) in [4.78, 5) is 65.2. The van der Waals surface area contributed by atoms with Gasteiger partial charge in [-0.3, -0.25) is 28.2 Å². The lowest BCUT2D eigenvalue weighted by molar-refractivity contribution is -0.202. The Morgan fingerprint density at radius 3 is 1.86 bits per heavy atom. The van der Waals surface area contributed by atoms with E-state index in [1.807, 2.05) is 13.0 Å². The molecule has 0 aromatic rings. The Kier molecular flexibility index (Phi) is 22.6. The van der Waals surface area contributed by atoms with Gasteiger partial charge in [-0.15, -0.1) is 0 Å². The van der Waals surface area contributed by atoms with Crippen LogP contribution < -0.4 is 5.32 Å². The lowest BCUT2D eigenvalue weighted by atomic mass is 9.33. The Labute approximate surface area is 436 Å². The highest BCUT2D eigenvalue weighted by atomic mass is 31.2. The van der Waals surface area contributed by atoms with Gasteiger partial charge in [0.15, 0.2) is 11.9 Å². The van der Waals surface area contributed by atoms with Crippen molar-refractivity contribution in [1.82, 2.24) is 5.32 Å². The highest BCUT2D eigenvalue weighted by molar-refractivity contribution is 7.47. The van der Waals surface area contributed by atoms with Crippen LogP contribution in [0, 0.1) is 50.2 Å². The smallest absolute Gasteiger partial charge is 0.462 e. The van der Waals surface area contributed by atoms with E-state index in [4.69, 9.17) is 18.5 Å². The molecule has 0 bridgehead atoms. The summed E-state index contributed by atoms with van der Waals surface area (Å²) < 4.78 is 34.9. The van der Waals surface area contributed by atoms with Crippen molar-refractivity contribution in [2.75, 3.05) is 26.4 Å². The summed E-state index contributed by atoms with van der Waals surface area (Å²) >= 11 is 0. The summed E-state index contributed by atoms with van der Waals surface area (Å²) in [6.07, 6.45) is 28.6. The molecule has 0 saturated heterocycles. The second kappa shape index (κ2) is 26.8. The molecule has 2 unspecified atom stereocenters. The lowest BCUT2D eigenvalue weighted by Crippen LogP contribution is -2.66. The fourth-order valence-corrected chi connectivity index (χ4v) is 15.7. The molecule has 5 aliphatic rings. The van der Waals surface area contributed by atoms with Crippen molar-refractivity contribution in [1.29, 1.82) is 0 Å². The molecular formula is C59H102NO11P. The number of allylic oxidation sites excluding steroid dienone is 2. The maximum Gasteiger partial charge on any atom is 0.472 e. The number of hydrogen-bond acceptors (Lipinski definition) is 10. The first-order chi connectivity index (χ1) is 34.0. The lowest BCUT2D eigenvalue weighted by Gasteiger charge is -2.70. The summed E-state index contributed by atoms with van der Waals surface area (Å²) in [5.74, 6) is -0.631. The number of amides is 1. The topological polar surface area (TPSA) is 175 Å². The number of unbranched alkanes of at least 4 members (excludes halogenated alkanes) is 16. The number of ketones is 1. The number of esters is 2. The first-order valence-corrected chi connectivity index (χ1v) is 30.7. The van der Waals surface area contributed by atoms with Crippen LogP contribution in [-0.2, 0) is 42.3 Å². The SMILES string of the molecule is CCCCCCCCCCCC(=O)OCC(COP(=O)(O)OCCNC(=O)[C@@]1(C)CC[C@]2(C)CC[C@]3(C)C(=CC(=O)[C@@H]4[C@@]5(C)CC[C@H](O)C(C)(C)[C@@H]5CC[C@]43C)[C@@H]2C1)OC(=O)CCCCCCCCCCC. The van der Waals surface area contributed by atoms with Crippen LogP contribution in [0.4, 0.5) is 0 Å². The van der Waals surface area contributed by atoms with Crippen molar-refractivity contribution in [3.8, 4) is 0 Å². The predicted molar refractivity (Wildman–Crippen MR) is 285 cm³/mol. The molecule has 5 aliphatic carbocycles. The number of aliphatic hydroxyl groups is 1. The second-order valence-electron chi connectivity index (χ2n) is 25.4. The molecule has 1 amide bonds. The van der Waals surface area contributed by atoms with Crippen molar-refractivity contribution in [2.45, 2.75) is 261 Å². The Bertz CT molecular complexity index is 1870. The number of phosphoric ester groups is 1. The van der Waals surface area contributed by atoms with Crippen LogP contribution in [0.3, 0.4) is 0 Å². The van der Waals surface area contributed by atoms with Gasteiger partial charge in [0.2, 0.25) is 5.91 Å². The quantitative estimate of drug-likeness (QED) is 0.0342. The number of fused-ring (bicyclic) bond motifs is 7. The van der Waals surface area contributed by atoms with Gasteiger partial charge in [0.05, 0.1) is 19.3 Å². The highest BCUT2D eigenvalue weighted by Crippen LogP contribution is 2.75. The fraction of sp³-hybridized carbons (Fsp3) is 0.898. The molecule has 13 heteroatoms. The van der Waals surface area contributed by atoms with E-state index < -0.39 is 37.9 Å². The summed E-state index contributed by atoms with van der Waals surface area (Å²) in [6, 6.07) is 0. The molecule has 3 N–H and O–H groups in total. The summed E-state index contributed by atoms with van der Waals surface area (Å²) in [7, 11) is -4.66.